The fourth-order valence-corrected chi connectivity index (χ4v) is 0.956. The number of aromatic nitrogens is 2. The number of nitrogens with zero attached hydrogens (tertiary/aromatic N) is 1. The molecule has 1 rings (SSSR count). The Morgan fingerprint density at radius 1 is 1.67 bits per heavy atom. The third-order valence-electron chi connectivity index (χ3n) is 1.55. The zero-order chi connectivity index (χ0) is 8.81. The highest BCUT2D eigenvalue weighted by Gasteiger charge is 1.95. The Kier molecular flexibility index (Phi) is 3.76. The van der Waals surface area contributed by atoms with Crippen molar-refractivity contribution in [2.45, 2.75) is 13.5 Å². The van der Waals surface area contributed by atoms with E-state index in [0.29, 0.717) is 0 Å². The van der Waals surface area contributed by atoms with E-state index in [2.05, 4.69) is 15.5 Å². The van der Waals surface area contributed by atoms with E-state index in [0.717, 1.165) is 31.1 Å². The van der Waals surface area contributed by atoms with Gasteiger partial charge in [0.2, 0.25) is 0 Å². The lowest BCUT2D eigenvalue weighted by Gasteiger charge is -1.99. The van der Waals surface area contributed by atoms with Crippen LogP contribution in [0.3, 0.4) is 0 Å². The van der Waals surface area contributed by atoms with Crippen LogP contribution in [-0.2, 0) is 11.3 Å². The second-order valence-electron chi connectivity index (χ2n) is 2.71. The van der Waals surface area contributed by atoms with Crippen LogP contribution < -0.4 is 5.32 Å². The molecule has 4 heteroatoms. The zero-order valence-corrected chi connectivity index (χ0v) is 7.55. The minimum Gasteiger partial charge on any atom is -0.383 e. The van der Waals surface area contributed by atoms with Gasteiger partial charge in [-0.1, -0.05) is 0 Å². The van der Waals surface area contributed by atoms with Crippen molar-refractivity contribution in [1.29, 1.82) is 0 Å². The number of rotatable bonds is 5. The standard InChI is InChI=1S/C8H15N3O/c1-7-5-8(11-10-7)6-9-3-4-12-2/h5,9H,3-4,6H2,1-2H3,(H,10,11). The van der Waals surface area contributed by atoms with E-state index in [1.807, 2.05) is 13.0 Å². The van der Waals surface area contributed by atoms with Crippen molar-refractivity contribution in [2.75, 3.05) is 20.3 Å². The molecule has 4 nitrogen and oxygen atoms in total. The summed E-state index contributed by atoms with van der Waals surface area (Å²) in [5.74, 6) is 0. The molecule has 1 aromatic heterocycles. The number of aromatic amines is 1. The monoisotopic (exact) mass is 169 g/mol. The van der Waals surface area contributed by atoms with E-state index in [-0.39, 0.29) is 0 Å². The van der Waals surface area contributed by atoms with Gasteiger partial charge in [0.25, 0.3) is 0 Å². The molecule has 12 heavy (non-hydrogen) atoms. The number of methoxy groups -OCH3 is 1. The molecule has 0 saturated carbocycles. The van der Waals surface area contributed by atoms with Gasteiger partial charge in [0.05, 0.1) is 12.3 Å². The molecule has 0 aromatic carbocycles. The summed E-state index contributed by atoms with van der Waals surface area (Å²) in [5, 5.41) is 10.2. The van der Waals surface area contributed by atoms with Crippen LogP contribution in [0.2, 0.25) is 0 Å². The lowest BCUT2D eigenvalue weighted by molar-refractivity contribution is 0.199. The molecular formula is C8H15N3O. The Labute approximate surface area is 72.3 Å². The maximum Gasteiger partial charge on any atom is 0.0762 e. The third-order valence-corrected chi connectivity index (χ3v) is 1.55. The molecule has 0 unspecified atom stereocenters. The van der Waals surface area contributed by atoms with E-state index in [1.165, 1.54) is 0 Å². The van der Waals surface area contributed by atoms with Crippen molar-refractivity contribution in [3.05, 3.63) is 17.5 Å². The fraction of sp³-hybridized carbons (Fsp3) is 0.625. The molecular weight excluding hydrogens is 154 g/mol. The fourth-order valence-electron chi connectivity index (χ4n) is 0.956. The minimum absolute atomic E-state index is 0.739. The number of hydrogen-bond acceptors (Lipinski definition) is 3. The number of H-pyrrole nitrogens is 1. The number of aryl methyl sites for hydroxylation is 1. The Balaban J connectivity index is 2.15. The Morgan fingerprint density at radius 2 is 2.50 bits per heavy atom. The molecule has 0 bridgehead atoms. The highest BCUT2D eigenvalue weighted by atomic mass is 16.5. The average Bonchev–Trinajstić information content (AvgIpc) is 2.45. The molecule has 1 aromatic rings. The van der Waals surface area contributed by atoms with Crippen LogP contribution >= 0.6 is 0 Å². The van der Waals surface area contributed by atoms with Gasteiger partial charge in [-0.15, -0.1) is 0 Å². The molecule has 0 aliphatic rings. The second-order valence-corrected chi connectivity index (χ2v) is 2.71. The maximum atomic E-state index is 4.89. The highest BCUT2D eigenvalue weighted by molar-refractivity contribution is 5.05. The first-order valence-electron chi connectivity index (χ1n) is 4.03. The van der Waals surface area contributed by atoms with Crippen molar-refractivity contribution < 1.29 is 4.74 Å². The Bertz CT molecular complexity index is 222. The minimum atomic E-state index is 0.739. The molecule has 0 saturated heterocycles. The van der Waals surface area contributed by atoms with Gasteiger partial charge in [-0.25, -0.2) is 0 Å². The SMILES string of the molecule is COCCNCc1cc(C)[nH]n1. The Morgan fingerprint density at radius 3 is 3.08 bits per heavy atom. The van der Waals surface area contributed by atoms with Gasteiger partial charge in [0.15, 0.2) is 0 Å². The topological polar surface area (TPSA) is 49.9 Å². The van der Waals surface area contributed by atoms with E-state index >= 15 is 0 Å². The van der Waals surface area contributed by atoms with Gasteiger partial charge < -0.3 is 10.1 Å². The normalized spacial score (nSPS) is 10.5. The van der Waals surface area contributed by atoms with Crippen LogP contribution in [0.4, 0.5) is 0 Å². The molecule has 68 valence electrons. The first-order valence-corrected chi connectivity index (χ1v) is 4.03. The van der Waals surface area contributed by atoms with Gasteiger partial charge in [0, 0.05) is 25.9 Å². The molecule has 0 amide bonds. The van der Waals surface area contributed by atoms with Gasteiger partial charge in [-0.3, -0.25) is 5.10 Å². The van der Waals surface area contributed by atoms with E-state index in [4.69, 9.17) is 4.74 Å². The number of ether oxygens (including phenoxy) is 1. The summed E-state index contributed by atoms with van der Waals surface area (Å²) >= 11 is 0. The predicted octanol–water partition coefficient (Wildman–Crippen LogP) is 0.454. The summed E-state index contributed by atoms with van der Waals surface area (Å²) in [6.07, 6.45) is 0. The largest absolute Gasteiger partial charge is 0.383 e. The van der Waals surface area contributed by atoms with Crippen molar-refractivity contribution in [2.24, 2.45) is 0 Å². The van der Waals surface area contributed by atoms with Crippen molar-refractivity contribution in [3.8, 4) is 0 Å². The van der Waals surface area contributed by atoms with Gasteiger partial charge in [-0.2, -0.15) is 5.10 Å². The first-order chi connectivity index (χ1) is 5.83. The van der Waals surface area contributed by atoms with E-state index in [1.54, 1.807) is 7.11 Å². The third kappa shape index (κ3) is 3.02. The van der Waals surface area contributed by atoms with Crippen molar-refractivity contribution in [1.82, 2.24) is 15.5 Å². The molecule has 0 aliphatic carbocycles. The highest BCUT2D eigenvalue weighted by Crippen LogP contribution is 1.95. The molecule has 0 fully saturated rings. The smallest absolute Gasteiger partial charge is 0.0762 e. The van der Waals surface area contributed by atoms with Gasteiger partial charge in [-0.05, 0) is 13.0 Å². The summed E-state index contributed by atoms with van der Waals surface area (Å²) < 4.78 is 4.89. The summed E-state index contributed by atoms with van der Waals surface area (Å²) in [5.41, 5.74) is 2.14. The van der Waals surface area contributed by atoms with Crippen molar-refractivity contribution >= 4 is 0 Å². The summed E-state index contributed by atoms with van der Waals surface area (Å²) in [4.78, 5) is 0. The predicted molar refractivity (Wildman–Crippen MR) is 46.9 cm³/mol. The summed E-state index contributed by atoms with van der Waals surface area (Å²) in [6.45, 7) is 4.39. The lowest BCUT2D eigenvalue weighted by atomic mass is 10.4. The van der Waals surface area contributed by atoms with Crippen LogP contribution in [0.1, 0.15) is 11.4 Å². The van der Waals surface area contributed by atoms with Crippen molar-refractivity contribution in [3.63, 3.8) is 0 Å². The van der Waals surface area contributed by atoms with Gasteiger partial charge >= 0.3 is 0 Å². The quantitative estimate of drug-likeness (QED) is 0.629. The molecule has 2 N–H and O–H groups in total. The van der Waals surface area contributed by atoms with Crippen LogP contribution in [0, 0.1) is 6.92 Å². The zero-order valence-electron chi connectivity index (χ0n) is 7.55. The molecule has 0 atom stereocenters. The van der Waals surface area contributed by atoms with Crippen LogP contribution in [-0.4, -0.2) is 30.5 Å². The molecule has 0 radical (unpaired) electrons. The first kappa shape index (κ1) is 9.22. The van der Waals surface area contributed by atoms with Crippen LogP contribution in [0.5, 0.6) is 0 Å². The Hall–Kier alpha value is -0.870. The molecule has 0 aliphatic heterocycles. The summed E-state index contributed by atoms with van der Waals surface area (Å²) in [6, 6.07) is 2.03. The van der Waals surface area contributed by atoms with Gasteiger partial charge in [0.1, 0.15) is 0 Å². The average molecular weight is 169 g/mol. The van der Waals surface area contributed by atoms with E-state index in [9.17, 15) is 0 Å². The molecule has 0 spiro atoms. The van der Waals surface area contributed by atoms with Crippen LogP contribution in [0.15, 0.2) is 6.07 Å². The second kappa shape index (κ2) is 4.90. The van der Waals surface area contributed by atoms with Crippen LogP contribution in [0.25, 0.3) is 0 Å². The maximum absolute atomic E-state index is 4.89. The molecule has 1 heterocycles. The summed E-state index contributed by atoms with van der Waals surface area (Å²) in [7, 11) is 1.69. The number of nitrogens with one attached hydrogen (secondary N) is 2. The lowest BCUT2D eigenvalue weighted by Crippen LogP contribution is -2.18. The number of hydrogen-bond donors (Lipinski definition) is 2. The van der Waals surface area contributed by atoms with E-state index < -0.39 is 0 Å².